The Kier molecular flexibility index (Phi) is 6.69. The Bertz CT molecular complexity index is 1150. The Hall–Kier alpha value is -3.72. The predicted molar refractivity (Wildman–Crippen MR) is 122 cm³/mol. The molecule has 0 radical (unpaired) electrons. The van der Waals surface area contributed by atoms with Crippen molar-refractivity contribution in [1.29, 1.82) is 0 Å². The fourth-order valence-electron chi connectivity index (χ4n) is 3.68. The zero-order valence-electron chi connectivity index (χ0n) is 18.5. The summed E-state index contributed by atoms with van der Waals surface area (Å²) in [7, 11) is 0. The number of hydrogen-bond donors (Lipinski definition) is 1. The van der Waals surface area contributed by atoms with Crippen molar-refractivity contribution in [3.8, 4) is 5.69 Å². The molecule has 0 unspecified atom stereocenters. The quantitative estimate of drug-likeness (QED) is 0.576. The molecule has 0 bridgehead atoms. The van der Waals surface area contributed by atoms with Crippen molar-refractivity contribution in [3.63, 3.8) is 0 Å². The number of carbonyl (C=O) groups is 2. The number of morpholine rings is 1. The van der Waals surface area contributed by atoms with Crippen molar-refractivity contribution >= 4 is 23.3 Å². The first-order chi connectivity index (χ1) is 16.0. The number of nitrogens with one attached hydrogen (secondary N) is 1. The zero-order valence-corrected chi connectivity index (χ0v) is 18.5. The first-order valence-corrected chi connectivity index (χ1v) is 10.7. The van der Waals surface area contributed by atoms with E-state index in [2.05, 4.69) is 10.4 Å². The molecule has 3 aromatic rings. The Morgan fingerprint density at radius 1 is 1.15 bits per heavy atom. The number of anilines is 2. The van der Waals surface area contributed by atoms with Gasteiger partial charge in [0.05, 0.1) is 43.1 Å². The Morgan fingerprint density at radius 3 is 2.55 bits per heavy atom. The zero-order chi connectivity index (χ0) is 23.4. The fourth-order valence-corrected chi connectivity index (χ4v) is 3.68. The molecule has 1 fully saturated rings. The lowest BCUT2D eigenvalue weighted by molar-refractivity contribution is 0.0525. The van der Waals surface area contributed by atoms with Gasteiger partial charge in [0, 0.05) is 24.3 Å². The molecule has 9 heteroatoms. The molecule has 0 atom stereocenters. The molecule has 0 spiro atoms. The first-order valence-electron chi connectivity index (χ1n) is 10.7. The van der Waals surface area contributed by atoms with Crippen molar-refractivity contribution < 1.29 is 23.5 Å². The predicted octanol–water partition coefficient (Wildman–Crippen LogP) is 3.59. The summed E-state index contributed by atoms with van der Waals surface area (Å²) in [6.45, 7) is 6.20. The molecule has 1 aromatic heterocycles. The molecule has 1 aliphatic heterocycles. The fraction of sp³-hybridized carbons (Fsp3) is 0.292. The largest absolute Gasteiger partial charge is 0.462 e. The van der Waals surface area contributed by atoms with Crippen LogP contribution in [0.3, 0.4) is 0 Å². The topological polar surface area (TPSA) is 85.7 Å². The second-order valence-electron chi connectivity index (χ2n) is 7.54. The number of nitrogens with zero attached hydrogens (tertiary/aromatic N) is 3. The summed E-state index contributed by atoms with van der Waals surface area (Å²) < 4.78 is 26.5. The van der Waals surface area contributed by atoms with E-state index in [4.69, 9.17) is 9.47 Å². The van der Waals surface area contributed by atoms with Crippen LogP contribution in [0.25, 0.3) is 5.69 Å². The van der Waals surface area contributed by atoms with Crippen LogP contribution in [-0.4, -0.2) is 54.6 Å². The number of benzene rings is 2. The minimum absolute atomic E-state index is 0.285. The summed E-state index contributed by atoms with van der Waals surface area (Å²) in [5.41, 5.74) is 3.01. The summed E-state index contributed by atoms with van der Waals surface area (Å²) in [5, 5.41) is 6.98. The second-order valence-corrected chi connectivity index (χ2v) is 7.54. The van der Waals surface area contributed by atoms with E-state index >= 15 is 0 Å². The van der Waals surface area contributed by atoms with E-state index < -0.39 is 11.8 Å². The van der Waals surface area contributed by atoms with Crippen LogP contribution in [0.2, 0.25) is 0 Å². The highest BCUT2D eigenvalue weighted by Gasteiger charge is 2.18. The molecule has 1 aliphatic rings. The van der Waals surface area contributed by atoms with E-state index in [1.165, 1.54) is 12.3 Å². The number of amides is 1. The van der Waals surface area contributed by atoms with Gasteiger partial charge < -0.3 is 19.7 Å². The normalized spacial score (nSPS) is 13.6. The molecular weight excluding hydrogens is 427 g/mol. The van der Waals surface area contributed by atoms with Gasteiger partial charge in [-0.25, -0.2) is 13.9 Å². The van der Waals surface area contributed by atoms with Gasteiger partial charge in [-0.15, -0.1) is 0 Å². The Balaban J connectivity index is 1.45. The molecule has 0 saturated carbocycles. The average molecular weight is 452 g/mol. The van der Waals surface area contributed by atoms with Crippen LogP contribution >= 0.6 is 0 Å². The molecule has 172 valence electrons. The maximum atomic E-state index is 14.6. The van der Waals surface area contributed by atoms with Crippen LogP contribution in [-0.2, 0) is 9.47 Å². The molecule has 1 amide bonds. The van der Waals surface area contributed by atoms with Crippen LogP contribution in [0.1, 0.15) is 33.3 Å². The number of esters is 1. The standard InChI is InChI=1S/C24H25FN4O4/c1-3-33-24(31)20-15-26-29(16(20)2)19-7-4-17(5-8-19)23(30)27-18-6-9-22(21(25)14-18)28-10-12-32-13-11-28/h4-9,14-15H,3,10-13H2,1-2H3,(H,27,30). The molecule has 0 aliphatic carbocycles. The molecule has 1 N–H and O–H groups in total. The van der Waals surface area contributed by atoms with Crippen LogP contribution in [0.4, 0.5) is 15.8 Å². The van der Waals surface area contributed by atoms with E-state index in [1.807, 2.05) is 4.90 Å². The highest BCUT2D eigenvalue weighted by atomic mass is 19.1. The smallest absolute Gasteiger partial charge is 0.341 e. The van der Waals surface area contributed by atoms with Gasteiger partial charge in [-0.2, -0.15) is 5.10 Å². The maximum absolute atomic E-state index is 14.6. The van der Waals surface area contributed by atoms with Crippen LogP contribution < -0.4 is 10.2 Å². The van der Waals surface area contributed by atoms with Crippen molar-refractivity contribution in [3.05, 3.63) is 71.3 Å². The molecule has 33 heavy (non-hydrogen) atoms. The van der Waals surface area contributed by atoms with Gasteiger partial charge in [0.1, 0.15) is 11.4 Å². The summed E-state index contributed by atoms with van der Waals surface area (Å²) in [5.74, 6) is -1.18. The highest BCUT2D eigenvalue weighted by molar-refractivity contribution is 6.04. The van der Waals surface area contributed by atoms with Crippen LogP contribution in [0, 0.1) is 12.7 Å². The third-order valence-electron chi connectivity index (χ3n) is 5.44. The molecule has 8 nitrogen and oxygen atoms in total. The lowest BCUT2D eigenvalue weighted by Crippen LogP contribution is -2.36. The third kappa shape index (κ3) is 4.88. The summed E-state index contributed by atoms with van der Waals surface area (Å²) >= 11 is 0. The lowest BCUT2D eigenvalue weighted by atomic mass is 10.1. The molecular formula is C24H25FN4O4. The van der Waals surface area contributed by atoms with Gasteiger partial charge in [-0.05, 0) is 56.3 Å². The van der Waals surface area contributed by atoms with Gasteiger partial charge in [-0.1, -0.05) is 0 Å². The van der Waals surface area contributed by atoms with E-state index in [0.717, 1.165) is 0 Å². The van der Waals surface area contributed by atoms with Crippen molar-refractivity contribution in [2.75, 3.05) is 43.1 Å². The Labute approximate surface area is 190 Å². The van der Waals surface area contributed by atoms with Crippen molar-refractivity contribution in [2.45, 2.75) is 13.8 Å². The summed E-state index contributed by atoms with van der Waals surface area (Å²) in [6.07, 6.45) is 1.46. The SMILES string of the molecule is CCOC(=O)c1cnn(-c2ccc(C(=O)Nc3ccc(N4CCOCC4)c(F)c3)cc2)c1C. The van der Waals surface area contributed by atoms with Gasteiger partial charge in [-0.3, -0.25) is 4.79 Å². The van der Waals surface area contributed by atoms with Gasteiger partial charge in [0.25, 0.3) is 5.91 Å². The number of hydrogen-bond acceptors (Lipinski definition) is 6. The summed E-state index contributed by atoms with van der Waals surface area (Å²) in [4.78, 5) is 26.6. The lowest BCUT2D eigenvalue weighted by Gasteiger charge is -2.29. The van der Waals surface area contributed by atoms with Crippen molar-refractivity contribution in [1.82, 2.24) is 9.78 Å². The Morgan fingerprint density at radius 2 is 1.88 bits per heavy atom. The molecule has 1 saturated heterocycles. The van der Waals surface area contributed by atoms with E-state index in [-0.39, 0.29) is 12.5 Å². The van der Waals surface area contributed by atoms with E-state index in [9.17, 15) is 14.0 Å². The average Bonchev–Trinajstić information content (AvgIpc) is 3.21. The third-order valence-corrected chi connectivity index (χ3v) is 5.44. The van der Waals surface area contributed by atoms with Gasteiger partial charge in [0.2, 0.25) is 0 Å². The van der Waals surface area contributed by atoms with Gasteiger partial charge in [0.15, 0.2) is 0 Å². The first kappa shape index (κ1) is 22.5. The number of ether oxygens (including phenoxy) is 2. The summed E-state index contributed by atoms with van der Waals surface area (Å²) in [6, 6.07) is 11.4. The number of aromatic nitrogens is 2. The van der Waals surface area contributed by atoms with Crippen LogP contribution in [0.15, 0.2) is 48.7 Å². The van der Waals surface area contributed by atoms with Crippen molar-refractivity contribution in [2.24, 2.45) is 0 Å². The number of carbonyl (C=O) groups excluding carboxylic acids is 2. The molecule has 4 rings (SSSR count). The monoisotopic (exact) mass is 452 g/mol. The highest BCUT2D eigenvalue weighted by Crippen LogP contribution is 2.24. The number of rotatable bonds is 6. The minimum atomic E-state index is -0.427. The minimum Gasteiger partial charge on any atom is -0.462 e. The maximum Gasteiger partial charge on any atom is 0.341 e. The number of halogens is 1. The molecule has 2 aromatic carbocycles. The van der Waals surface area contributed by atoms with Gasteiger partial charge >= 0.3 is 5.97 Å². The van der Waals surface area contributed by atoms with E-state index in [1.54, 1.807) is 54.9 Å². The molecule has 2 heterocycles. The van der Waals surface area contributed by atoms with Crippen LogP contribution in [0.5, 0.6) is 0 Å². The van der Waals surface area contributed by atoms with E-state index in [0.29, 0.717) is 60.2 Å². The second kappa shape index (κ2) is 9.83.